The lowest BCUT2D eigenvalue weighted by molar-refractivity contribution is 0.0934. The van der Waals surface area contributed by atoms with Crippen molar-refractivity contribution < 1.29 is 9.90 Å². The van der Waals surface area contributed by atoms with Crippen LogP contribution in [0, 0.1) is 6.92 Å². The summed E-state index contributed by atoms with van der Waals surface area (Å²) in [5.74, 6) is -0.245. The number of aliphatic hydroxyl groups is 1. The van der Waals surface area contributed by atoms with Crippen LogP contribution in [0.25, 0.3) is 0 Å². The monoisotopic (exact) mass is 285 g/mol. The van der Waals surface area contributed by atoms with E-state index in [0.29, 0.717) is 17.7 Å². The van der Waals surface area contributed by atoms with Crippen molar-refractivity contribution in [2.45, 2.75) is 32.9 Å². The predicted molar refractivity (Wildman–Crippen MR) is 79.8 cm³/mol. The first-order valence-electron chi connectivity index (χ1n) is 6.87. The molecule has 2 aromatic heterocycles. The second kappa shape index (κ2) is 6.95. The van der Waals surface area contributed by atoms with Crippen LogP contribution in [0.4, 0.5) is 0 Å². The zero-order valence-corrected chi connectivity index (χ0v) is 12.2. The maximum absolute atomic E-state index is 12.1. The van der Waals surface area contributed by atoms with E-state index >= 15 is 0 Å². The fraction of sp³-hybridized carbons (Fsp3) is 0.312. The van der Waals surface area contributed by atoms with Gasteiger partial charge in [-0.25, -0.2) is 0 Å². The molecule has 0 fully saturated rings. The number of nitrogens with one attached hydrogen (secondary N) is 1. The molecule has 2 heterocycles. The fourth-order valence-corrected chi connectivity index (χ4v) is 2.07. The smallest absolute Gasteiger partial charge is 0.270 e. The molecule has 0 bridgehead atoms. The lowest BCUT2D eigenvalue weighted by Crippen LogP contribution is -2.34. The lowest BCUT2D eigenvalue weighted by atomic mass is 10.1. The molecular formula is C16H19N3O2. The minimum atomic E-state index is -0.245. The molecule has 0 aromatic carbocycles. The average Bonchev–Trinajstić information content (AvgIpc) is 2.47. The van der Waals surface area contributed by atoms with E-state index in [0.717, 1.165) is 11.4 Å². The molecule has 0 radical (unpaired) electrons. The van der Waals surface area contributed by atoms with Gasteiger partial charge in [-0.1, -0.05) is 6.07 Å². The number of rotatable bonds is 5. The van der Waals surface area contributed by atoms with Crippen LogP contribution in [-0.4, -0.2) is 27.0 Å². The molecule has 0 saturated carbocycles. The number of aryl methyl sites for hydroxylation is 1. The Morgan fingerprint density at radius 1 is 1.38 bits per heavy atom. The summed E-state index contributed by atoms with van der Waals surface area (Å²) < 4.78 is 0. The Morgan fingerprint density at radius 3 is 2.90 bits per heavy atom. The third kappa shape index (κ3) is 4.36. The molecule has 5 heteroatoms. The van der Waals surface area contributed by atoms with Gasteiger partial charge >= 0.3 is 0 Å². The Labute approximate surface area is 124 Å². The minimum Gasteiger partial charge on any atom is -0.392 e. The first kappa shape index (κ1) is 15.1. The second-order valence-corrected chi connectivity index (χ2v) is 5.06. The maximum atomic E-state index is 12.1. The van der Waals surface area contributed by atoms with Crippen molar-refractivity contribution in [2.24, 2.45) is 0 Å². The largest absolute Gasteiger partial charge is 0.392 e. The van der Waals surface area contributed by atoms with E-state index < -0.39 is 0 Å². The van der Waals surface area contributed by atoms with Gasteiger partial charge in [0.2, 0.25) is 0 Å². The third-order valence-corrected chi connectivity index (χ3v) is 3.08. The molecule has 1 atom stereocenters. The van der Waals surface area contributed by atoms with Gasteiger partial charge in [-0.05, 0) is 43.7 Å². The van der Waals surface area contributed by atoms with E-state index in [1.165, 1.54) is 6.20 Å². The molecule has 2 aromatic rings. The number of pyridine rings is 2. The molecule has 1 unspecified atom stereocenters. The summed E-state index contributed by atoms with van der Waals surface area (Å²) >= 11 is 0. The molecule has 0 spiro atoms. The van der Waals surface area contributed by atoms with E-state index in [-0.39, 0.29) is 18.6 Å². The number of aromatic nitrogens is 2. The molecular weight excluding hydrogens is 266 g/mol. The Balaban J connectivity index is 1.98. The summed E-state index contributed by atoms with van der Waals surface area (Å²) in [4.78, 5) is 20.5. The van der Waals surface area contributed by atoms with Gasteiger partial charge in [0.25, 0.3) is 5.91 Å². The van der Waals surface area contributed by atoms with Crippen molar-refractivity contribution in [2.75, 3.05) is 0 Å². The highest BCUT2D eigenvalue weighted by Gasteiger charge is 2.12. The van der Waals surface area contributed by atoms with Crippen LogP contribution in [-0.2, 0) is 13.0 Å². The molecule has 2 rings (SSSR count). The third-order valence-electron chi connectivity index (χ3n) is 3.08. The van der Waals surface area contributed by atoms with E-state index in [1.54, 1.807) is 12.1 Å². The fourth-order valence-electron chi connectivity index (χ4n) is 2.07. The molecule has 110 valence electrons. The van der Waals surface area contributed by atoms with Crippen molar-refractivity contribution in [3.05, 3.63) is 59.2 Å². The molecule has 0 saturated heterocycles. The number of nitrogens with zero attached hydrogens (tertiary/aromatic N) is 2. The van der Waals surface area contributed by atoms with Crippen LogP contribution in [0.3, 0.4) is 0 Å². The van der Waals surface area contributed by atoms with Crippen molar-refractivity contribution >= 4 is 5.91 Å². The Kier molecular flexibility index (Phi) is 5.00. The standard InChI is InChI=1S/C16H19N3O2/c1-11-4-3-5-14(18-11)8-12(2)19-16(21)15-9-13(10-20)6-7-17-15/h3-7,9,12,20H,8,10H2,1-2H3,(H,19,21). The molecule has 5 nitrogen and oxygen atoms in total. The van der Waals surface area contributed by atoms with Gasteiger partial charge in [-0.2, -0.15) is 0 Å². The number of hydrogen-bond donors (Lipinski definition) is 2. The molecule has 1 amide bonds. The van der Waals surface area contributed by atoms with E-state index in [9.17, 15) is 4.79 Å². The molecule has 0 aliphatic rings. The molecule has 2 N–H and O–H groups in total. The van der Waals surface area contributed by atoms with Crippen LogP contribution in [0.15, 0.2) is 36.5 Å². The highest BCUT2D eigenvalue weighted by Crippen LogP contribution is 2.05. The van der Waals surface area contributed by atoms with Gasteiger partial charge in [-0.15, -0.1) is 0 Å². The SMILES string of the molecule is Cc1cccc(CC(C)NC(=O)c2cc(CO)ccn2)n1. The van der Waals surface area contributed by atoms with Crippen molar-refractivity contribution in [3.8, 4) is 0 Å². The van der Waals surface area contributed by atoms with Crippen LogP contribution in [0.5, 0.6) is 0 Å². The summed E-state index contributed by atoms with van der Waals surface area (Å²) in [6.07, 6.45) is 2.18. The van der Waals surface area contributed by atoms with Gasteiger partial charge < -0.3 is 10.4 Å². The molecule has 21 heavy (non-hydrogen) atoms. The van der Waals surface area contributed by atoms with Gasteiger partial charge in [-0.3, -0.25) is 14.8 Å². The number of carbonyl (C=O) groups is 1. The first-order valence-corrected chi connectivity index (χ1v) is 6.87. The predicted octanol–water partition coefficient (Wildman–Crippen LogP) is 1.64. The Bertz CT molecular complexity index is 628. The van der Waals surface area contributed by atoms with Gasteiger partial charge in [0.05, 0.1) is 6.61 Å². The first-order chi connectivity index (χ1) is 10.1. The summed E-state index contributed by atoms with van der Waals surface area (Å²) in [5, 5.41) is 12.0. The van der Waals surface area contributed by atoms with E-state index in [1.807, 2.05) is 32.0 Å². The van der Waals surface area contributed by atoms with Crippen molar-refractivity contribution in [3.63, 3.8) is 0 Å². The zero-order valence-electron chi connectivity index (χ0n) is 12.2. The highest BCUT2D eigenvalue weighted by atomic mass is 16.3. The summed E-state index contributed by atoms with van der Waals surface area (Å²) in [5.41, 5.74) is 2.89. The van der Waals surface area contributed by atoms with Crippen LogP contribution in [0.2, 0.25) is 0 Å². The van der Waals surface area contributed by atoms with Crippen LogP contribution >= 0.6 is 0 Å². The highest BCUT2D eigenvalue weighted by molar-refractivity contribution is 5.92. The second-order valence-electron chi connectivity index (χ2n) is 5.06. The summed E-state index contributed by atoms with van der Waals surface area (Å²) in [6, 6.07) is 9.06. The van der Waals surface area contributed by atoms with E-state index in [4.69, 9.17) is 5.11 Å². The number of aliphatic hydroxyl groups excluding tert-OH is 1. The Hall–Kier alpha value is -2.27. The van der Waals surface area contributed by atoms with Crippen molar-refractivity contribution in [1.29, 1.82) is 0 Å². The number of carbonyl (C=O) groups excluding carboxylic acids is 1. The van der Waals surface area contributed by atoms with Gasteiger partial charge in [0.1, 0.15) is 5.69 Å². The minimum absolute atomic E-state index is 0.0496. The summed E-state index contributed by atoms with van der Waals surface area (Å²) in [7, 11) is 0. The average molecular weight is 285 g/mol. The molecule has 0 aliphatic heterocycles. The Morgan fingerprint density at radius 2 is 2.19 bits per heavy atom. The molecule has 0 aliphatic carbocycles. The summed E-state index contributed by atoms with van der Waals surface area (Å²) in [6.45, 7) is 3.76. The van der Waals surface area contributed by atoms with Gasteiger partial charge in [0, 0.05) is 30.0 Å². The van der Waals surface area contributed by atoms with Crippen LogP contribution in [0.1, 0.15) is 34.4 Å². The normalized spacial score (nSPS) is 12.0. The van der Waals surface area contributed by atoms with Gasteiger partial charge in [0.15, 0.2) is 0 Å². The topological polar surface area (TPSA) is 75.1 Å². The van der Waals surface area contributed by atoms with Crippen LogP contribution < -0.4 is 5.32 Å². The van der Waals surface area contributed by atoms with E-state index in [2.05, 4.69) is 15.3 Å². The quantitative estimate of drug-likeness (QED) is 0.875. The van der Waals surface area contributed by atoms with Crippen molar-refractivity contribution in [1.82, 2.24) is 15.3 Å². The zero-order chi connectivity index (χ0) is 15.2. The number of hydrogen-bond acceptors (Lipinski definition) is 4. The number of amides is 1. The maximum Gasteiger partial charge on any atom is 0.270 e. The lowest BCUT2D eigenvalue weighted by Gasteiger charge is -2.13.